The summed E-state index contributed by atoms with van der Waals surface area (Å²) in [6.45, 7) is 8.26. The van der Waals surface area contributed by atoms with Crippen LogP contribution in [0.3, 0.4) is 0 Å². The van der Waals surface area contributed by atoms with Gasteiger partial charge in [0.2, 0.25) is 0 Å². The van der Waals surface area contributed by atoms with Gasteiger partial charge in [-0.3, -0.25) is 4.79 Å². The molecule has 1 aromatic carbocycles. The molecule has 2 aromatic heterocycles. The third-order valence-electron chi connectivity index (χ3n) is 5.75. The van der Waals surface area contributed by atoms with Gasteiger partial charge in [-0.2, -0.15) is 0 Å². The Hall–Kier alpha value is -3.48. The summed E-state index contributed by atoms with van der Waals surface area (Å²) in [7, 11) is 2.05. The van der Waals surface area contributed by atoms with Crippen molar-refractivity contribution in [1.82, 2.24) is 14.2 Å². The second-order valence-electron chi connectivity index (χ2n) is 9.51. The summed E-state index contributed by atoms with van der Waals surface area (Å²) in [6, 6.07) is 18.3. The number of carbonyl (C=O) groups is 2. The lowest BCUT2D eigenvalue weighted by Gasteiger charge is -2.35. The number of rotatable bonds is 4. The van der Waals surface area contributed by atoms with Gasteiger partial charge >= 0.3 is 6.09 Å². The van der Waals surface area contributed by atoms with Crippen LogP contribution in [0.15, 0.2) is 60.8 Å². The van der Waals surface area contributed by atoms with E-state index in [2.05, 4.69) is 40.6 Å². The maximum absolute atomic E-state index is 13.2. The Morgan fingerprint density at radius 3 is 2.21 bits per heavy atom. The summed E-state index contributed by atoms with van der Waals surface area (Å²) < 4.78 is 7.51. The first kappa shape index (κ1) is 22.7. The van der Waals surface area contributed by atoms with Gasteiger partial charge in [0.05, 0.1) is 5.56 Å². The minimum atomic E-state index is -0.526. The summed E-state index contributed by atoms with van der Waals surface area (Å²) in [5.74, 6) is 1.00. The summed E-state index contributed by atoms with van der Waals surface area (Å²) in [6.07, 6.45) is 1.59. The molecular formula is C26H32N4O3. The molecule has 33 heavy (non-hydrogen) atoms. The Balaban J connectivity index is 1.45. The molecule has 0 aliphatic carbocycles. The van der Waals surface area contributed by atoms with Crippen LogP contribution in [-0.2, 0) is 11.3 Å². The predicted octanol–water partition coefficient (Wildman–Crippen LogP) is 4.27. The Morgan fingerprint density at radius 1 is 0.909 bits per heavy atom. The number of carbonyl (C=O) groups excluding carboxylic acids is 2. The highest BCUT2D eigenvalue weighted by Gasteiger charge is 2.28. The van der Waals surface area contributed by atoms with E-state index in [4.69, 9.17) is 4.74 Å². The minimum Gasteiger partial charge on any atom is -0.444 e. The van der Waals surface area contributed by atoms with E-state index >= 15 is 0 Å². The summed E-state index contributed by atoms with van der Waals surface area (Å²) >= 11 is 0. The molecule has 0 radical (unpaired) electrons. The predicted molar refractivity (Wildman–Crippen MR) is 130 cm³/mol. The molecule has 174 valence electrons. The molecular weight excluding hydrogens is 416 g/mol. The van der Waals surface area contributed by atoms with Gasteiger partial charge in [0.25, 0.3) is 5.91 Å². The van der Waals surface area contributed by atoms with E-state index in [1.165, 1.54) is 5.56 Å². The first-order valence-corrected chi connectivity index (χ1v) is 11.3. The van der Waals surface area contributed by atoms with Gasteiger partial charge in [0, 0.05) is 51.5 Å². The van der Waals surface area contributed by atoms with Crippen LogP contribution in [0.4, 0.5) is 10.6 Å². The fourth-order valence-electron chi connectivity index (χ4n) is 4.06. The molecule has 1 aliphatic heterocycles. The number of hydrogen-bond acceptors (Lipinski definition) is 4. The quantitative estimate of drug-likeness (QED) is 0.598. The number of pyridine rings is 1. The second kappa shape index (κ2) is 9.17. The van der Waals surface area contributed by atoms with Gasteiger partial charge in [-0.1, -0.05) is 30.3 Å². The molecule has 3 heterocycles. The van der Waals surface area contributed by atoms with Crippen molar-refractivity contribution in [3.63, 3.8) is 0 Å². The molecule has 0 unspecified atom stereocenters. The van der Waals surface area contributed by atoms with Gasteiger partial charge in [-0.15, -0.1) is 0 Å². The number of nitrogens with zero attached hydrogens (tertiary/aromatic N) is 4. The smallest absolute Gasteiger partial charge is 0.410 e. The molecule has 0 bridgehead atoms. The lowest BCUT2D eigenvalue weighted by Crippen LogP contribution is -2.51. The third kappa shape index (κ3) is 5.30. The van der Waals surface area contributed by atoms with Crippen molar-refractivity contribution in [2.75, 3.05) is 38.1 Å². The Labute approximate surface area is 195 Å². The lowest BCUT2D eigenvalue weighted by atomic mass is 10.2. The fourth-order valence-corrected chi connectivity index (χ4v) is 4.06. The molecule has 1 saturated heterocycles. The molecule has 0 saturated carbocycles. The largest absolute Gasteiger partial charge is 0.444 e. The summed E-state index contributed by atoms with van der Waals surface area (Å²) in [5.41, 5.74) is 2.38. The molecule has 4 rings (SSSR count). The van der Waals surface area contributed by atoms with Crippen LogP contribution in [0.1, 0.15) is 36.7 Å². The van der Waals surface area contributed by atoms with Gasteiger partial charge < -0.3 is 23.8 Å². The van der Waals surface area contributed by atoms with Crippen molar-refractivity contribution >= 4 is 23.3 Å². The van der Waals surface area contributed by atoms with E-state index in [1.54, 1.807) is 9.80 Å². The summed E-state index contributed by atoms with van der Waals surface area (Å²) in [4.78, 5) is 31.2. The standard InChI is InChI=1S/C26H32N4O3/c1-26(2,3)33-25(32)29-16-14-28(15-17-29)24(31)21-10-11-22-12-13-23(30(22)19-21)27(4)18-20-8-6-5-7-9-20/h5-13,19H,14-18H2,1-4H3. The number of aromatic nitrogens is 1. The van der Waals surface area contributed by atoms with Crippen LogP contribution < -0.4 is 4.90 Å². The fraction of sp³-hybridized carbons (Fsp3) is 0.385. The van der Waals surface area contributed by atoms with E-state index in [9.17, 15) is 9.59 Å². The summed E-state index contributed by atoms with van der Waals surface area (Å²) in [5, 5.41) is 0. The Kier molecular flexibility index (Phi) is 6.31. The molecule has 0 atom stereocenters. The van der Waals surface area contributed by atoms with E-state index < -0.39 is 5.60 Å². The van der Waals surface area contributed by atoms with Crippen molar-refractivity contribution in [3.05, 3.63) is 71.9 Å². The SMILES string of the molecule is CN(Cc1ccccc1)c1ccc2ccc(C(=O)N3CCN(C(=O)OC(C)(C)C)CC3)cn12. The number of hydrogen-bond donors (Lipinski definition) is 0. The molecule has 0 N–H and O–H groups in total. The van der Waals surface area contributed by atoms with Crippen LogP contribution in [-0.4, -0.2) is 65.0 Å². The number of ether oxygens (including phenoxy) is 1. The number of amides is 2. The molecule has 7 nitrogen and oxygen atoms in total. The van der Waals surface area contributed by atoms with Crippen molar-refractivity contribution in [1.29, 1.82) is 0 Å². The normalized spacial score (nSPS) is 14.4. The van der Waals surface area contributed by atoms with Crippen molar-refractivity contribution in [2.24, 2.45) is 0 Å². The average Bonchev–Trinajstić information content (AvgIpc) is 3.21. The number of piperazine rings is 1. The van der Waals surface area contributed by atoms with Crippen molar-refractivity contribution in [3.8, 4) is 0 Å². The Morgan fingerprint density at radius 2 is 1.55 bits per heavy atom. The van der Waals surface area contributed by atoms with Crippen LogP contribution in [0, 0.1) is 0 Å². The van der Waals surface area contributed by atoms with Gasteiger partial charge in [-0.25, -0.2) is 4.79 Å². The van der Waals surface area contributed by atoms with Crippen LogP contribution in [0.5, 0.6) is 0 Å². The minimum absolute atomic E-state index is 0.0221. The highest BCUT2D eigenvalue weighted by atomic mass is 16.6. The Bertz CT molecular complexity index is 1130. The third-order valence-corrected chi connectivity index (χ3v) is 5.75. The first-order valence-electron chi connectivity index (χ1n) is 11.3. The number of anilines is 1. The van der Waals surface area contributed by atoms with Crippen molar-refractivity contribution < 1.29 is 14.3 Å². The van der Waals surface area contributed by atoms with Crippen LogP contribution >= 0.6 is 0 Å². The van der Waals surface area contributed by atoms with Gasteiger partial charge in [0.15, 0.2) is 0 Å². The van der Waals surface area contributed by atoms with E-state index in [0.29, 0.717) is 31.7 Å². The average molecular weight is 449 g/mol. The maximum Gasteiger partial charge on any atom is 0.410 e. The zero-order chi connectivity index (χ0) is 23.6. The first-order chi connectivity index (χ1) is 15.7. The van der Waals surface area contributed by atoms with Crippen molar-refractivity contribution in [2.45, 2.75) is 32.9 Å². The van der Waals surface area contributed by atoms with Crippen LogP contribution in [0.25, 0.3) is 5.52 Å². The van der Waals surface area contributed by atoms with E-state index in [0.717, 1.165) is 17.9 Å². The molecule has 2 amide bonds. The zero-order valence-electron chi connectivity index (χ0n) is 19.8. The molecule has 7 heteroatoms. The highest BCUT2D eigenvalue weighted by molar-refractivity contribution is 5.94. The molecule has 1 fully saturated rings. The number of benzene rings is 1. The zero-order valence-corrected chi connectivity index (χ0v) is 19.8. The van der Waals surface area contributed by atoms with Gasteiger partial charge in [0.1, 0.15) is 11.4 Å². The maximum atomic E-state index is 13.2. The monoisotopic (exact) mass is 448 g/mol. The lowest BCUT2D eigenvalue weighted by molar-refractivity contribution is 0.0141. The molecule has 3 aromatic rings. The second-order valence-corrected chi connectivity index (χ2v) is 9.51. The topological polar surface area (TPSA) is 57.5 Å². The highest BCUT2D eigenvalue weighted by Crippen LogP contribution is 2.22. The van der Waals surface area contributed by atoms with Gasteiger partial charge in [-0.05, 0) is 50.6 Å². The number of fused-ring (bicyclic) bond motifs is 1. The van der Waals surface area contributed by atoms with E-state index in [-0.39, 0.29) is 12.0 Å². The molecule has 0 spiro atoms. The molecule has 1 aliphatic rings. The van der Waals surface area contributed by atoms with Crippen LogP contribution in [0.2, 0.25) is 0 Å². The van der Waals surface area contributed by atoms with E-state index in [1.807, 2.05) is 57.3 Å².